The molecule has 1 heterocycles. The van der Waals surface area contributed by atoms with Gasteiger partial charge >= 0.3 is 0 Å². The van der Waals surface area contributed by atoms with Crippen LogP contribution in [0.2, 0.25) is 0 Å². The Hall–Kier alpha value is -1.63. The predicted molar refractivity (Wildman–Crippen MR) is 79.0 cm³/mol. The molecule has 0 atom stereocenters. The van der Waals surface area contributed by atoms with Crippen molar-refractivity contribution in [1.29, 1.82) is 0 Å². The van der Waals surface area contributed by atoms with Crippen molar-refractivity contribution in [2.24, 2.45) is 0 Å². The van der Waals surface area contributed by atoms with E-state index in [9.17, 15) is 10.2 Å². The van der Waals surface area contributed by atoms with E-state index in [1.165, 1.54) is 12.1 Å². The number of rotatable bonds is 6. The zero-order valence-corrected chi connectivity index (χ0v) is 12.3. The highest BCUT2D eigenvalue weighted by Gasteiger charge is 2.13. The van der Waals surface area contributed by atoms with Crippen LogP contribution in [0.25, 0.3) is 10.6 Å². The van der Waals surface area contributed by atoms with Gasteiger partial charge in [-0.15, -0.1) is 11.3 Å². The van der Waals surface area contributed by atoms with Crippen LogP contribution in [0, 0.1) is 0 Å². The Bertz CT molecular complexity index is 584. The number of hydrogen-bond acceptors (Lipinski definition) is 6. The number of benzene rings is 1. The van der Waals surface area contributed by atoms with Crippen LogP contribution in [0.5, 0.6) is 11.5 Å². The third kappa shape index (κ3) is 3.27. The molecule has 2 rings (SSSR count). The molecule has 0 bridgehead atoms. The predicted octanol–water partition coefficient (Wildman–Crippen LogP) is 2.48. The third-order valence-corrected chi connectivity index (χ3v) is 3.96. The van der Waals surface area contributed by atoms with Gasteiger partial charge in [-0.25, -0.2) is 4.98 Å². The summed E-state index contributed by atoms with van der Waals surface area (Å²) in [6, 6.07) is 4.72. The van der Waals surface area contributed by atoms with E-state index in [-0.39, 0.29) is 11.5 Å². The molecule has 0 saturated carbocycles. The van der Waals surface area contributed by atoms with Crippen LogP contribution < -0.4 is 5.32 Å². The normalized spacial score (nSPS) is 10.9. The molecule has 0 amide bonds. The zero-order valence-electron chi connectivity index (χ0n) is 11.5. The summed E-state index contributed by atoms with van der Waals surface area (Å²) in [4.78, 5) is 5.68. The van der Waals surface area contributed by atoms with E-state index in [1.807, 2.05) is 0 Å². The Morgan fingerprint density at radius 2 is 2.10 bits per heavy atom. The summed E-state index contributed by atoms with van der Waals surface area (Å²) in [5.74, 6) is -0.269. The molecule has 0 aliphatic heterocycles. The number of nitrogens with zero attached hydrogens (tertiary/aromatic N) is 1. The van der Waals surface area contributed by atoms with E-state index in [0.29, 0.717) is 6.61 Å². The molecule has 0 aliphatic carbocycles. The van der Waals surface area contributed by atoms with Crippen molar-refractivity contribution in [3.63, 3.8) is 0 Å². The molecule has 2 aromatic rings. The van der Waals surface area contributed by atoms with Crippen LogP contribution in [0.3, 0.4) is 0 Å². The van der Waals surface area contributed by atoms with Crippen LogP contribution in [-0.2, 0) is 17.9 Å². The van der Waals surface area contributed by atoms with Gasteiger partial charge in [0.1, 0.15) is 5.01 Å². The highest BCUT2D eigenvalue weighted by atomic mass is 32.1. The lowest BCUT2D eigenvalue weighted by Gasteiger charge is -2.00. The standard InChI is InChI=1S/C14H18N2O3S/c1-3-15-7-13-10(8-19-2)16-14(20-13)9-4-5-11(17)12(18)6-9/h4-6,15,17-18H,3,7-8H2,1-2H3. The summed E-state index contributed by atoms with van der Waals surface area (Å²) in [6.07, 6.45) is 0. The minimum atomic E-state index is -0.140. The van der Waals surface area contributed by atoms with E-state index in [2.05, 4.69) is 17.2 Å². The summed E-state index contributed by atoms with van der Waals surface area (Å²) in [6.45, 7) is 4.15. The molecule has 1 aromatic heterocycles. The van der Waals surface area contributed by atoms with E-state index < -0.39 is 0 Å². The van der Waals surface area contributed by atoms with Crippen molar-refractivity contribution in [2.45, 2.75) is 20.1 Å². The first-order valence-corrected chi connectivity index (χ1v) is 7.18. The average Bonchev–Trinajstić information content (AvgIpc) is 2.83. The van der Waals surface area contributed by atoms with Gasteiger partial charge < -0.3 is 20.3 Å². The second-order valence-electron chi connectivity index (χ2n) is 4.31. The summed E-state index contributed by atoms with van der Waals surface area (Å²) >= 11 is 1.56. The van der Waals surface area contributed by atoms with Gasteiger partial charge in [0.2, 0.25) is 0 Å². The highest BCUT2D eigenvalue weighted by Crippen LogP contribution is 2.34. The molecule has 1 aromatic carbocycles. The summed E-state index contributed by atoms with van der Waals surface area (Å²) in [7, 11) is 1.64. The first-order valence-electron chi connectivity index (χ1n) is 6.36. The number of thiazole rings is 1. The Morgan fingerprint density at radius 1 is 1.30 bits per heavy atom. The number of ether oxygens (including phenoxy) is 1. The quantitative estimate of drug-likeness (QED) is 0.714. The number of aromatic hydroxyl groups is 2. The molecule has 5 nitrogen and oxygen atoms in total. The van der Waals surface area contributed by atoms with Gasteiger partial charge in [-0.1, -0.05) is 6.92 Å². The van der Waals surface area contributed by atoms with E-state index in [0.717, 1.165) is 34.2 Å². The molecule has 3 N–H and O–H groups in total. The maximum Gasteiger partial charge on any atom is 0.158 e. The number of methoxy groups -OCH3 is 1. The Kier molecular flexibility index (Phi) is 4.94. The fraction of sp³-hybridized carbons (Fsp3) is 0.357. The van der Waals surface area contributed by atoms with Gasteiger partial charge in [0, 0.05) is 24.1 Å². The van der Waals surface area contributed by atoms with Gasteiger partial charge in [0.05, 0.1) is 12.3 Å². The van der Waals surface area contributed by atoms with Gasteiger partial charge in [-0.05, 0) is 24.7 Å². The fourth-order valence-electron chi connectivity index (χ4n) is 1.79. The summed E-state index contributed by atoms with van der Waals surface area (Å²) in [5.41, 5.74) is 1.69. The van der Waals surface area contributed by atoms with Crippen LogP contribution >= 0.6 is 11.3 Å². The monoisotopic (exact) mass is 294 g/mol. The second kappa shape index (κ2) is 6.69. The van der Waals surface area contributed by atoms with Crippen molar-refractivity contribution in [3.8, 4) is 22.1 Å². The van der Waals surface area contributed by atoms with Crippen LogP contribution in [0.4, 0.5) is 0 Å². The van der Waals surface area contributed by atoms with E-state index >= 15 is 0 Å². The molecule has 20 heavy (non-hydrogen) atoms. The third-order valence-electron chi connectivity index (χ3n) is 2.82. The SMILES string of the molecule is CCNCc1sc(-c2ccc(O)c(O)c2)nc1COC. The van der Waals surface area contributed by atoms with Crippen molar-refractivity contribution < 1.29 is 14.9 Å². The largest absolute Gasteiger partial charge is 0.504 e. The number of phenols is 2. The van der Waals surface area contributed by atoms with Crippen molar-refractivity contribution in [3.05, 3.63) is 28.8 Å². The van der Waals surface area contributed by atoms with Crippen molar-refractivity contribution in [2.75, 3.05) is 13.7 Å². The highest BCUT2D eigenvalue weighted by molar-refractivity contribution is 7.15. The molecule has 0 saturated heterocycles. The smallest absolute Gasteiger partial charge is 0.158 e. The van der Waals surface area contributed by atoms with E-state index in [4.69, 9.17) is 4.74 Å². The lowest BCUT2D eigenvalue weighted by Crippen LogP contribution is -2.12. The number of aromatic nitrogens is 1. The molecule has 0 unspecified atom stereocenters. The molecular weight excluding hydrogens is 276 g/mol. The average molecular weight is 294 g/mol. The van der Waals surface area contributed by atoms with Crippen molar-refractivity contribution >= 4 is 11.3 Å². The fourth-order valence-corrected chi connectivity index (χ4v) is 2.82. The molecule has 6 heteroatoms. The van der Waals surface area contributed by atoms with Gasteiger partial charge in [0.15, 0.2) is 11.5 Å². The number of nitrogens with one attached hydrogen (secondary N) is 1. The maximum atomic E-state index is 9.57. The Morgan fingerprint density at radius 3 is 2.75 bits per heavy atom. The summed E-state index contributed by atoms with van der Waals surface area (Å²) < 4.78 is 5.17. The maximum absolute atomic E-state index is 9.57. The second-order valence-corrected chi connectivity index (χ2v) is 5.39. The first kappa shape index (κ1) is 14.8. The molecule has 0 aliphatic rings. The topological polar surface area (TPSA) is 74.6 Å². The Balaban J connectivity index is 2.33. The number of phenolic OH excluding ortho intramolecular Hbond substituents is 2. The molecular formula is C14H18N2O3S. The van der Waals surface area contributed by atoms with Crippen molar-refractivity contribution in [1.82, 2.24) is 10.3 Å². The van der Waals surface area contributed by atoms with Crippen LogP contribution in [-0.4, -0.2) is 28.9 Å². The molecule has 108 valence electrons. The molecule has 0 radical (unpaired) electrons. The molecule has 0 fully saturated rings. The minimum Gasteiger partial charge on any atom is -0.504 e. The lowest BCUT2D eigenvalue weighted by molar-refractivity contribution is 0.181. The Labute approximate surface area is 121 Å². The lowest BCUT2D eigenvalue weighted by atomic mass is 10.2. The minimum absolute atomic E-state index is 0.129. The van der Waals surface area contributed by atoms with Gasteiger partial charge in [-0.3, -0.25) is 0 Å². The zero-order chi connectivity index (χ0) is 14.5. The molecule has 0 spiro atoms. The number of hydrogen-bond donors (Lipinski definition) is 3. The van der Waals surface area contributed by atoms with Gasteiger partial charge in [0.25, 0.3) is 0 Å². The summed E-state index contributed by atoms with van der Waals surface area (Å²) in [5, 5.41) is 23.0. The van der Waals surface area contributed by atoms with Gasteiger partial charge in [-0.2, -0.15) is 0 Å². The van der Waals surface area contributed by atoms with Crippen LogP contribution in [0.1, 0.15) is 17.5 Å². The first-order chi connectivity index (χ1) is 9.65. The van der Waals surface area contributed by atoms with Crippen LogP contribution in [0.15, 0.2) is 18.2 Å². The van der Waals surface area contributed by atoms with E-state index in [1.54, 1.807) is 24.5 Å².